The fraction of sp³-hybridized carbons (Fsp3) is 0.214. The van der Waals surface area contributed by atoms with Crippen LogP contribution in [0.1, 0.15) is 51.3 Å². The molecule has 1 aliphatic rings. The zero-order chi connectivity index (χ0) is 24.5. The molecule has 0 saturated carbocycles. The number of nitrogens with one attached hydrogen (secondary N) is 2. The van der Waals surface area contributed by atoms with Gasteiger partial charge in [-0.25, -0.2) is 4.39 Å². The third kappa shape index (κ3) is 5.01. The van der Waals surface area contributed by atoms with Gasteiger partial charge in [0.05, 0.1) is 7.11 Å². The van der Waals surface area contributed by atoms with Crippen LogP contribution in [0.5, 0.6) is 5.75 Å². The molecular weight excluding hydrogens is 431 g/mol. The van der Waals surface area contributed by atoms with Crippen LogP contribution in [0.3, 0.4) is 0 Å². The largest absolute Gasteiger partial charge is 0.497 e. The van der Waals surface area contributed by atoms with E-state index in [4.69, 9.17) is 4.74 Å². The van der Waals surface area contributed by atoms with E-state index in [1.165, 1.54) is 12.1 Å². The number of hydrogen-bond acceptors (Lipinski definition) is 4. The second-order valence-electron chi connectivity index (χ2n) is 9.12. The van der Waals surface area contributed by atoms with Crippen molar-refractivity contribution in [3.8, 4) is 5.75 Å². The molecular formula is C28H27FN2O3. The maximum atomic E-state index is 13.5. The SMILES string of the molecule is COc1ccc2c(c1)C(=CC(=O)c1ccc(NC(=O)c3cc(F)ccc3C)cc1)NC(C)(C)C2. The minimum atomic E-state index is -0.469. The van der Waals surface area contributed by atoms with E-state index in [-0.39, 0.29) is 16.9 Å². The predicted octanol–water partition coefficient (Wildman–Crippen LogP) is 5.54. The van der Waals surface area contributed by atoms with Crippen molar-refractivity contribution in [2.45, 2.75) is 32.7 Å². The van der Waals surface area contributed by atoms with Crippen molar-refractivity contribution in [1.29, 1.82) is 0 Å². The zero-order valence-electron chi connectivity index (χ0n) is 19.7. The molecule has 3 aromatic rings. The Bertz CT molecular complexity index is 1290. The summed E-state index contributed by atoms with van der Waals surface area (Å²) in [4.78, 5) is 25.6. The third-order valence-corrected chi connectivity index (χ3v) is 5.86. The van der Waals surface area contributed by atoms with Gasteiger partial charge >= 0.3 is 0 Å². The van der Waals surface area contributed by atoms with E-state index >= 15 is 0 Å². The van der Waals surface area contributed by atoms with E-state index in [0.29, 0.717) is 16.8 Å². The summed E-state index contributed by atoms with van der Waals surface area (Å²) in [6.45, 7) is 5.94. The van der Waals surface area contributed by atoms with Gasteiger partial charge in [-0.1, -0.05) is 12.1 Å². The van der Waals surface area contributed by atoms with Gasteiger partial charge in [0.2, 0.25) is 0 Å². The Balaban J connectivity index is 1.55. The fourth-order valence-electron chi connectivity index (χ4n) is 4.12. The number of ketones is 1. The quantitative estimate of drug-likeness (QED) is 0.389. The molecule has 0 saturated heterocycles. The summed E-state index contributed by atoms with van der Waals surface area (Å²) in [7, 11) is 1.62. The molecule has 2 N–H and O–H groups in total. The summed E-state index contributed by atoms with van der Waals surface area (Å²) in [5.74, 6) is -0.305. The third-order valence-electron chi connectivity index (χ3n) is 5.86. The molecule has 0 fully saturated rings. The van der Waals surface area contributed by atoms with Gasteiger partial charge in [0.1, 0.15) is 11.6 Å². The molecule has 0 atom stereocenters. The molecule has 4 rings (SSSR count). The first-order valence-corrected chi connectivity index (χ1v) is 11.0. The first-order chi connectivity index (χ1) is 16.1. The highest BCUT2D eigenvalue weighted by molar-refractivity contribution is 6.09. The van der Waals surface area contributed by atoms with Crippen LogP contribution in [0.15, 0.2) is 66.7 Å². The lowest BCUT2D eigenvalue weighted by Gasteiger charge is -2.35. The van der Waals surface area contributed by atoms with Crippen LogP contribution >= 0.6 is 0 Å². The van der Waals surface area contributed by atoms with Crippen molar-refractivity contribution in [2.24, 2.45) is 0 Å². The number of allylic oxidation sites excluding steroid dienone is 1. The van der Waals surface area contributed by atoms with Crippen LogP contribution in [0, 0.1) is 12.7 Å². The topological polar surface area (TPSA) is 67.4 Å². The van der Waals surface area contributed by atoms with Crippen molar-refractivity contribution in [2.75, 3.05) is 12.4 Å². The number of ether oxygens (including phenoxy) is 1. The number of benzene rings is 3. The molecule has 0 radical (unpaired) electrons. The smallest absolute Gasteiger partial charge is 0.256 e. The molecule has 3 aromatic carbocycles. The molecule has 1 heterocycles. The number of rotatable bonds is 5. The molecule has 1 amide bonds. The van der Waals surface area contributed by atoms with Crippen molar-refractivity contribution in [3.63, 3.8) is 0 Å². The molecule has 34 heavy (non-hydrogen) atoms. The Morgan fingerprint density at radius 2 is 1.79 bits per heavy atom. The molecule has 1 aliphatic heterocycles. The Kier molecular flexibility index (Phi) is 6.24. The number of aryl methyl sites for hydroxylation is 1. The number of halogens is 1. The van der Waals surface area contributed by atoms with Crippen LogP contribution < -0.4 is 15.4 Å². The van der Waals surface area contributed by atoms with Crippen LogP contribution in [-0.4, -0.2) is 24.3 Å². The Hall–Kier alpha value is -3.93. The van der Waals surface area contributed by atoms with Gasteiger partial charge in [0.25, 0.3) is 5.91 Å². The van der Waals surface area contributed by atoms with Gasteiger partial charge in [-0.15, -0.1) is 0 Å². The highest BCUT2D eigenvalue weighted by atomic mass is 19.1. The van der Waals surface area contributed by atoms with Crippen LogP contribution in [-0.2, 0) is 6.42 Å². The standard InChI is InChI=1S/C28H27FN2O3/c1-17-5-9-20(29)13-23(17)27(33)30-21-10-6-18(7-11-21)26(32)15-25-24-14-22(34-4)12-8-19(24)16-28(2,3)31-25/h5-15,31H,16H2,1-4H3,(H,30,33). The molecule has 0 aliphatic carbocycles. The lowest BCUT2D eigenvalue weighted by molar-refractivity contribution is 0.102. The van der Waals surface area contributed by atoms with Gasteiger partial charge in [0, 0.05) is 39.7 Å². The van der Waals surface area contributed by atoms with Crippen LogP contribution in [0.2, 0.25) is 0 Å². The number of carbonyl (C=O) groups is 2. The van der Waals surface area contributed by atoms with E-state index in [1.54, 1.807) is 50.4 Å². The van der Waals surface area contributed by atoms with Gasteiger partial charge < -0.3 is 15.4 Å². The first-order valence-electron chi connectivity index (χ1n) is 11.0. The van der Waals surface area contributed by atoms with Crippen LogP contribution in [0.25, 0.3) is 5.70 Å². The van der Waals surface area contributed by atoms with Crippen molar-refractivity contribution >= 4 is 23.1 Å². The first kappa shape index (κ1) is 23.2. The summed E-state index contributed by atoms with van der Waals surface area (Å²) in [5.41, 5.74) is 4.59. The number of carbonyl (C=O) groups excluding carboxylic acids is 2. The van der Waals surface area contributed by atoms with Crippen LogP contribution in [0.4, 0.5) is 10.1 Å². The second-order valence-corrected chi connectivity index (χ2v) is 9.12. The molecule has 6 heteroatoms. The van der Waals surface area contributed by atoms with Gasteiger partial charge in [0.15, 0.2) is 5.78 Å². The van der Waals surface area contributed by atoms with Gasteiger partial charge in [-0.2, -0.15) is 0 Å². The predicted molar refractivity (Wildman–Crippen MR) is 132 cm³/mol. The summed E-state index contributed by atoms with van der Waals surface area (Å²) >= 11 is 0. The van der Waals surface area contributed by atoms with Crippen molar-refractivity contribution < 1.29 is 18.7 Å². The molecule has 0 spiro atoms. The average molecular weight is 459 g/mol. The highest BCUT2D eigenvalue weighted by Gasteiger charge is 2.28. The molecule has 0 unspecified atom stereocenters. The van der Waals surface area contributed by atoms with Crippen molar-refractivity contribution in [3.05, 3.63) is 100 Å². The summed E-state index contributed by atoms with van der Waals surface area (Å²) in [6, 6.07) is 16.6. The second kappa shape index (κ2) is 9.14. The Morgan fingerprint density at radius 3 is 2.50 bits per heavy atom. The summed E-state index contributed by atoms with van der Waals surface area (Å²) < 4.78 is 18.9. The minimum Gasteiger partial charge on any atom is -0.497 e. The molecule has 5 nitrogen and oxygen atoms in total. The normalized spacial score (nSPS) is 15.3. The highest BCUT2D eigenvalue weighted by Crippen LogP contribution is 2.32. The average Bonchev–Trinajstić information content (AvgIpc) is 2.80. The number of fused-ring (bicyclic) bond motifs is 1. The molecule has 0 bridgehead atoms. The maximum Gasteiger partial charge on any atom is 0.256 e. The van der Waals surface area contributed by atoms with Gasteiger partial charge in [-0.3, -0.25) is 9.59 Å². The number of hydrogen-bond donors (Lipinski definition) is 2. The maximum absolute atomic E-state index is 13.5. The summed E-state index contributed by atoms with van der Waals surface area (Å²) in [6.07, 6.45) is 2.43. The lowest BCUT2D eigenvalue weighted by atomic mass is 9.85. The van der Waals surface area contributed by atoms with Gasteiger partial charge in [-0.05, 0) is 86.8 Å². The van der Waals surface area contributed by atoms with Crippen molar-refractivity contribution in [1.82, 2.24) is 5.32 Å². The Morgan fingerprint density at radius 1 is 1.06 bits per heavy atom. The Labute approximate surface area is 198 Å². The summed E-state index contributed by atoms with van der Waals surface area (Å²) in [5, 5.41) is 6.22. The number of anilines is 1. The number of methoxy groups -OCH3 is 1. The molecule has 0 aromatic heterocycles. The fourth-order valence-corrected chi connectivity index (χ4v) is 4.12. The minimum absolute atomic E-state index is 0.159. The monoisotopic (exact) mass is 458 g/mol. The van der Waals surface area contributed by atoms with E-state index in [2.05, 4.69) is 24.5 Å². The van der Waals surface area contributed by atoms with E-state index in [9.17, 15) is 14.0 Å². The number of amides is 1. The van der Waals surface area contributed by atoms with E-state index in [1.807, 2.05) is 18.2 Å². The molecule has 174 valence electrons. The van der Waals surface area contributed by atoms with E-state index < -0.39 is 11.7 Å². The lowest BCUT2D eigenvalue weighted by Crippen LogP contribution is -2.43. The zero-order valence-corrected chi connectivity index (χ0v) is 19.7. The van der Waals surface area contributed by atoms with E-state index in [0.717, 1.165) is 29.0 Å².